The summed E-state index contributed by atoms with van der Waals surface area (Å²) in [6.07, 6.45) is 5.67. The average molecular weight is 381 g/mol. The van der Waals surface area contributed by atoms with Gasteiger partial charge in [0.2, 0.25) is 0 Å². The van der Waals surface area contributed by atoms with E-state index in [-0.39, 0.29) is 19.1 Å². The van der Waals surface area contributed by atoms with Crippen LogP contribution in [0.15, 0.2) is 85.3 Å². The monoisotopic (exact) mass is 381 g/mol. The third-order valence-electron chi connectivity index (χ3n) is 4.38. The zero-order valence-electron chi connectivity index (χ0n) is 15.7. The predicted molar refractivity (Wildman–Crippen MR) is 113 cm³/mol. The Kier molecular flexibility index (Phi) is 5.54. The van der Waals surface area contributed by atoms with Crippen molar-refractivity contribution in [2.24, 2.45) is 0 Å². The maximum Gasteiger partial charge on any atom is 0.252 e. The van der Waals surface area contributed by atoms with E-state index in [0.717, 1.165) is 22.3 Å². The lowest BCUT2D eigenvalue weighted by atomic mass is 10.2. The first-order chi connectivity index (χ1) is 14.3. The highest BCUT2D eigenvalue weighted by molar-refractivity contribution is 5.94. The Balaban J connectivity index is 1.24. The first-order valence-corrected chi connectivity index (χ1v) is 9.24. The molecule has 0 unspecified atom stereocenters. The largest absolute Gasteiger partial charge is 0.481 e. The zero-order valence-corrected chi connectivity index (χ0v) is 15.7. The molecule has 0 saturated carbocycles. The Morgan fingerprint density at radius 3 is 2.66 bits per heavy atom. The van der Waals surface area contributed by atoms with Crippen molar-refractivity contribution in [3.05, 3.63) is 90.9 Å². The molecule has 5 heteroatoms. The van der Waals surface area contributed by atoms with Crippen molar-refractivity contribution in [1.82, 2.24) is 14.9 Å². The van der Waals surface area contributed by atoms with E-state index in [1.807, 2.05) is 71.6 Å². The Labute approximate surface area is 169 Å². The third kappa shape index (κ3) is 4.63. The maximum absolute atomic E-state index is 12.2. The SMILES string of the molecule is O=C(NCC#CCOc1ccc2cccnc2c1)c1ccc(-n2cccc2)cc1. The van der Waals surface area contributed by atoms with Gasteiger partial charge in [-0.1, -0.05) is 17.9 Å². The van der Waals surface area contributed by atoms with Crippen molar-refractivity contribution in [3.8, 4) is 23.3 Å². The number of nitrogens with one attached hydrogen (secondary N) is 1. The fourth-order valence-corrected chi connectivity index (χ4v) is 2.89. The Morgan fingerprint density at radius 2 is 1.83 bits per heavy atom. The van der Waals surface area contributed by atoms with Crippen LogP contribution in [-0.2, 0) is 0 Å². The average Bonchev–Trinajstić information content (AvgIpc) is 3.31. The van der Waals surface area contributed by atoms with E-state index in [0.29, 0.717) is 5.56 Å². The Bertz CT molecular complexity index is 1170. The molecule has 142 valence electrons. The summed E-state index contributed by atoms with van der Waals surface area (Å²) in [6.45, 7) is 0.514. The van der Waals surface area contributed by atoms with Crippen molar-refractivity contribution in [3.63, 3.8) is 0 Å². The van der Waals surface area contributed by atoms with E-state index in [2.05, 4.69) is 22.1 Å². The molecule has 0 fully saturated rings. The van der Waals surface area contributed by atoms with Crippen LogP contribution in [0.5, 0.6) is 5.75 Å². The molecule has 1 amide bonds. The summed E-state index contributed by atoms with van der Waals surface area (Å²) in [6, 6.07) is 21.0. The van der Waals surface area contributed by atoms with Crippen LogP contribution < -0.4 is 10.1 Å². The van der Waals surface area contributed by atoms with Gasteiger partial charge in [-0.3, -0.25) is 9.78 Å². The minimum atomic E-state index is -0.153. The topological polar surface area (TPSA) is 56.1 Å². The van der Waals surface area contributed by atoms with Crippen LogP contribution in [-0.4, -0.2) is 28.6 Å². The third-order valence-corrected chi connectivity index (χ3v) is 4.38. The molecule has 5 nitrogen and oxygen atoms in total. The summed E-state index contributed by atoms with van der Waals surface area (Å²) in [7, 11) is 0. The molecule has 0 radical (unpaired) electrons. The summed E-state index contributed by atoms with van der Waals surface area (Å²) < 4.78 is 7.61. The molecule has 0 aliphatic heterocycles. The molecule has 4 rings (SSSR count). The summed E-state index contributed by atoms with van der Waals surface area (Å²) in [5.74, 6) is 6.37. The standard InChI is InChI=1S/C24H19N3O2/c28-24(20-7-10-21(11-8-20)27-15-2-3-16-27)26-13-1-4-17-29-22-12-9-19-6-5-14-25-23(19)18-22/h2-3,5-12,14-16,18H,13,17H2,(H,26,28). The van der Waals surface area contributed by atoms with Gasteiger partial charge in [-0.15, -0.1) is 0 Å². The molecule has 4 aromatic rings. The van der Waals surface area contributed by atoms with E-state index in [1.165, 1.54) is 0 Å². The van der Waals surface area contributed by atoms with E-state index in [1.54, 1.807) is 18.3 Å². The molecule has 29 heavy (non-hydrogen) atoms. The lowest BCUT2D eigenvalue weighted by Crippen LogP contribution is -2.23. The molecule has 0 aliphatic carbocycles. The number of pyridine rings is 1. The van der Waals surface area contributed by atoms with Crippen molar-refractivity contribution in [2.75, 3.05) is 13.2 Å². The van der Waals surface area contributed by atoms with Crippen molar-refractivity contribution in [2.45, 2.75) is 0 Å². The van der Waals surface area contributed by atoms with Crippen LogP contribution in [0, 0.1) is 11.8 Å². The number of fused-ring (bicyclic) bond motifs is 1. The van der Waals surface area contributed by atoms with Crippen molar-refractivity contribution >= 4 is 16.8 Å². The number of carbonyl (C=O) groups excluding carboxylic acids is 1. The van der Waals surface area contributed by atoms with Gasteiger partial charge in [0.25, 0.3) is 5.91 Å². The van der Waals surface area contributed by atoms with Gasteiger partial charge in [-0.05, 0) is 54.6 Å². The molecule has 2 heterocycles. The summed E-state index contributed by atoms with van der Waals surface area (Å²) >= 11 is 0. The van der Waals surface area contributed by atoms with Gasteiger partial charge in [0.15, 0.2) is 0 Å². The Morgan fingerprint density at radius 1 is 1.00 bits per heavy atom. The number of hydrogen-bond donors (Lipinski definition) is 1. The van der Waals surface area contributed by atoms with Crippen LogP contribution in [0.4, 0.5) is 0 Å². The predicted octanol–water partition coefficient (Wildman–Crippen LogP) is 3.84. The van der Waals surface area contributed by atoms with Gasteiger partial charge >= 0.3 is 0 Å². The number of hydrogen-bond acceptors (Lipinski definition) is 3. The van der Waals surface area contributed by atoms with E-state index in [4.69, 9.17) is 4.74 Å². The molecule has 0 aliphatic rings. The molecule has 2 aromatic heterocycles. The van der Waals surface area contributed by atoms with Crippen LogP contribution in [0.2, 0.25) is 0 Å². The first-order valence-electron chi connectivity index (χ1n) is 9.24. The number of benzene rings is 2. The first kappa shape index (κ1) is 18.3. The van der Waals surface area contributed by atoms with Gasteiger partial charge in [-0.25, -0.2) is 0 Å². The van der Waals surface area contributed by atoms with Crippen molar-refractivity contribution in [1.29, 1.82) is 0 Å². The van der Waals surface area contributed by atoms with Gasteiger partial charge in [0.1, 0.15) is 12.4 Å². The van der Waals surface area contributed by atoms with Crippen LogP contribution in [0.1, 0.15) is 10.4 Å². The number of nitrogens with zero attached hydrogens (tertiary/aromatic N) is 2. The minimum absolute atomic E-state index is 0.153. The van der Waals surface area contributed by atoms with Crippen LogP contribution in [0.3, 0.4) is 0 Å². The molecular weight excluding hydrogens is 362 g/mol. The highest BCUT2D eigenvalue weighted by Gasteiger charge is 2.04. The summed E-state index contributed by atoms with van der Waals surface area (Å²) in [4.78, 5) is 16.5. The van der Waals surface area contributed by atoms with Crippen LogP contribution in [0.25, 0.3) is 16.6 Å². The summed E-state index contributed by atoms with van der Waals surface area (Å²) in [5, 5.41) is 3.86. The molecule has 2 aromatic carbocycles. The molecule has 0 bridgehead atoms. The maximum atomic E-state index is 12.2. The number of aromatic nitrogens is 2. The van der Waals surface area contributed by atoms with E-state index >= 15 is 0 Å². The number of carbonyl (C=O) groups is 1. The normalized spacial score (nSPS) is 10.2. The second-order valence-electron chi connectivity index (χ2n) is 6.32. The highest BCUT2D eigenvalue weighted by atomic mass is 16.5. The minimum Gasteiger partial charge on any atom is -0.481 e. The molecule has 0 atom stereocenters. The van der Waals surface area contributed by atoms with Crippen LogP contribution >= 0.6 is 0 Å². The van der Waals surface area contributed by atoms with Gasteiger partial charge in [0, 0.05) is 41.3 Å². The highest BCUT2D eigenvalue weighted by Crippen LogP contribution is 2.18. The smallest absolute Gasteiger partial charge is 0.252 e. The fourth-order valence-electron chi connectivity index (χ4n) is 2.89. The molecular formula is C24H19N3O2. The van der Waals surface area contributed by atoms with E-state index in [9.17, 15) is 4.79 Å². The van der Waals surface area contributed by atoms with Gasteiger partial charge < -0.3 is 14.6 Å². The van der Waals surface area contributed by atoms with E-state index < -0.39 is 0 Å². The number of ether oxygens (including phenoxy) is 1. The van der Waals surface area contributed by atoms with Gasteiger partial charge in [0.05, 0.1) is 12.1 Å². The van der Waals surface area contributed by atoms with Crippen molar-refractivity contribution < 1.29 is 9.53 Å². The number of amides is 1. The van der Waals surface area contributed by atoms with Gasteiger partial charge in [-0.2, -0.15) is 0 Å². The second-order valence-corrected chi connectivity index (χ2v) is 6.32. The zero-order chi connectivity index (χ0) is 19.9. The molecule has 1 N–H and O–H groups in total. The summed E-state index contributed by atoms with van der Waals surface area (Å²) in [5.41, 5.74) is 2.49. The lowest BCUT2D eigenvalue weighted by molar-refractivity contribution is 0.0958. The molecule has 0 saturated heterocycles. The fraction of sp³-hybridized carbons (Fsp3) is 0.0833. The Hall–Kier alpha value is -4.04. The second kappa shape index (κ2) is 8.77. The number of rotatable bonds is 5. The quantitative estimate of drug-likeness (QED) is 0.535. The molecule has 0 spiro atoms. The lowest BCUT2D eigenvalue weighted by Gasteiger charge is -2.05.